The summed E-state index contributed by atoms with van der Waals surface area (Å²) in [5, 5.41) is 3.01. The highest BCUT2D eigenvalue weighted by Gasteiger charge is 2.29. The molecule has 3 aromatic heterocycles. The normalized spacial score (nSPS) is 12.5. The monoisotopic (exact) mass is 481 g/mol. The van der Waals surface area contributed by atoms with Crippen LogP contribution in [0.2, 0.25) is 0 Å². The summed E-state index contributed by atoms with van der Waals surface area (Å²) in [5.74, 6) is 0.881. The third-order valence-electron chi connectivity index (χ3n) is 6.47. The van der Waals surface area contributed by atoms with Gasteiger partial charge in [-0.3, -0.25) is 9.97 Å². The molecule has 0 unspecified atom stereocenters. The molecule has 0 bridgehead atoms. The molecular weight excluding hydrogens is 462 g/mol. The quantitative estimate of drug-likeness (QED) is 0.265. The fourth-order valence-corrected chi connectivity index (χ4v) is 4.74. The largest absolute Gasteiger partial charge is 0.450 e. The van der Waals surface area contributed by atoms with Gasteiger partial charge in [0.15, 0.2) is 17.3 Å². The number of esters is 1. The van der Waals surface area contributed by atoms with Crippen LogP contribution in [0.5, 0.6) is 5.75 Å². The summed E-state index contributed by atoms with van der Waals surface area (Å²) in [6, 6.07) is 29.2. The average Bonchev–Trinajstić information content (AvgIpc) is 3.40. The number of rotatable bonds is 3. The molecule has 1 aliphatic rings. The van der Waals surface area contributed by atoms with E-state index in [9.17, 15) is 4.79 Å². The Hall–Kier alpha value is -5.23. The lowest BCUT2D eigenvalue weighted by atomic mass is 10.0. The second-order valence-electron chi connectivity index (χ2n) is 8.70. The van der Waals surface area contributed by atoms with Gasteiger partial charge in [0.25, 0.3) is 0 Å². The van der Waals surface area contributed by atoms with Crippen LogP contribution in [0, 0.1) is 0 Å². The van der Waals surface area contributed by atoms with Crippen molar-refractivity contribution < 1.29 is 14.3 Å². The van der Waals surface area contributed by atoms with E-state index >= 15 is 0 Å². The SMILES string of the molecule is O=C(OC1=C(c2cccc3ncccc23)Oc2cc3ccccc3cc2-n2cccc21)c1cccnc1. The predicted octanol–water partition coefficient (Wildman–Crippen LogP) is 6.65. The van der Waals surface area contributed by atoms with E-state index in [0.717, 1.165) is 32.9 Å². The summed E-state index contributed by atoms with van der Waals surface area (Å²) in [5.41, 5.74) is 3.48. The molecule has 176 valence electrons. The lowest BCUT2D eigenvalue weighted by Crippen LogP contribution is -2.09. The van der Waals surface area contributed by atoms with Gasteiger partial charge in [-0.15, -0.1) is 0 Å². The Morgan fingerprint density at radius 3 is 2.57 bits per heavy atom. The maximum atomic E-state index is 13.3. The second-order valence-corrected chi connectivity index (χ2v) is 8.70. The summed E-state index contributed by atoms with van der Waals surface area (Å²) >= 11 is 0. The van der Waals surface area contributed by atoms with Crippen LogP contribution >= 0.6 is 0 Å². The first-order chi connectivity index (χ1) is 18.3. The molecule has 0 fully saturated rings. The van der Waals surface area contributed by atoms with E-state index in [2.05, 4.69) is 28.2 Å². The average molecular weight is 482 g/mol. The van der Waals surface area contributed by atoms with E-state index < -0.39 is 5.97 Å². The summed E-state index contributed by atoms with van der Waals surface area (Å²) < 4.78 is 14.8. The topological polar surface area (TPSA) is 66.2 Å². The number of pyridine rings is 2. The maximum Gasteiger partial charge on any atom is 0.345 e. The van der Waals surface area contributed by atoms with E-state index in [1.54, 1.807) is 24.5 Å². The number of ether oxygens (including phenoxy) is 2. The maximum absolute atomic E-state index is 13.3. The number of nitrogens with zero attached hydrogens (tertiary/aromatic N) is 3. The third kappa shape index (κ3) is 3.54. The molecule has 6 nitrogen and oxygen atoms in total. The van der Waals surface area contributed by atoms with Crippen molar-refractivity contribution in [2.75, 3.05) is 0 Å². The summed E-state index contributed by atoms with van der Waals surface area (Å²) in [4.78, 5) is 21.9. The van der Waals surface area contributed by atoms with Gasteiger partial charge in [-0.2, -0.15) is 0 Å². The van der Waals surface area contributed by atoms with E-state index in [4.69, 9.17) is 9.47 Å². The van der Waals surface area contributed by atoms with Crippen LogP contribution in [0.4, 0.5) is 0 Å². The first kappa shape index (κ1) is 21.1. The Kier molecular flexibility index (Phi) is 4.82. The zero-order valence-electron chi connectivity index (χ0n) is 19.5. The third-order valence-corrected chi connectivity index (χ3v) is 6.47. The van der Waals surface area contributed by atoms with Crippen LogP contribution in [0.15, 0.2) is 116 Å². The molecule has 6 aromatic rings. The smallest absolute Gasteiger partial charge is 0.345 e. The van der Waals surface area contributed by atoms with E-state index in [0.29, 0.717) is 28.5 Å². The fraction of sp³-hybridized carbons (Fsp3) is 0. The van der Waals surface area contributed by atoms with Crippen molar-refractivity contribution in [1.82, 2.24) is 14.5 Å². The van der Waals surface area contributed by atoms with Crippen molar-refractivity contribution in [1.29, 1.82) is 0 Å². The molecular formula is C31H19N3O3. The van der Waals surface area contributed by atoms with Crippen molar-refractivity contribution in [2.24, 2.45) is 0 Å². The van der Waals surface area contributed by atoms with Gasteiger partial charge < -0.3 is 14.0 Å². The predicted molar refractivity (Wildman–Crippen MR) is 142 cm³/mol. The molecule has 4 heterocycles. The van der Waals surface area contributed by atoms with Crippen molar-refractivity contribution in [3.05, 3.63) is 133 Å². The molecule has 1 aliphatic heterocycles. The van der Waals surface area contributed by atoms with E-state index in [1.165, 1.54) is 6.20 Å². The van der Waals surface area contributed by atoms with Gasteiger partial charge >= 0.3 is 5.97 Å². The van der Waals surface area contributed by atoms with Gasteiger partial charge in [0.2, 0.25) is 0 Å². The van der Waals surface area contributed by atoms with E-state index in [-0.39, 0.29) is 0 Å². The standard InChI is InChI=1S/C31H19N3O3/c35-31(22-9-4-14-32-19-22)37-30-26-13-6-16-34(26)27-17-20-7-1-2-8-21(20)18-28(27)36-29(30)24-10-3-12-25-23(24)11-5-15-33-25/h1-19H. The van der Waals surface area contributed by atoms with Crippen LogP contribution in [-0.2, 0) is 4.74 Å². The van der Waals surface area contributed by atoms with Crippen molar-refractivity contribution in [3.8, 4) is 11.4 Å². The number of aromatic nitrogens is 3. The zero-order chi connectivity index (χ0) is 24.8. The number of fused-ring (bicyclic) bond motifs is 5. The van der Waals surface area contributed by atoms with E-state index in [1.807, 2.05) is 71.4 Å². The Labute approximate surface area is 212 Å². The summed E-state index contributed by atoms with van der Waals surface area (Å²) in [7, 11) is 0. The number of benzene rings is 3. The number of hydrogen-bond acceptors (Lipinski definition) is 5. The second kappa shape index (κ2) is 8.46. The molecule has 7 rings (SSSR count). The lowest BCUT2D eigenvalue weighted by molar-refractivity contribution is 0.0689. The number of hydrogen-bond donors (Lipinski definition) is 0. The minimum Gasteiger partial charge on any atom is -0.450 e. The first-order valence-electron chi connectivity index (χ1n) is 11.9. The van der Waals surface area contributed by atoms with Gasteiger partial charge in [-0.05, 0) is 59.3 Å². The highest BCUT2D eigenvalue weighted by Crippen LogP contribution is 2.42. The Bertz CT molecular complexity index is 1850. The summed E-state index contributed by atoms with van der Waals surface area (Å²) in [6.45, 7) is 0. The summed E-state index contributed by atoms with van der Waals surface area (Å²) in [6.07, 6.45) is 6.80. The van der Waals surface area contributed by atoms with Crippen LogP contribution < -0.4 is 4.74 Å². The van der Waals surface area contributed by atoms with Gasteiger partial charge in [-0.25, -0.2) is 4.79 Å². The van der Waals surface area contributed by atoms with Crippen molar-refractivity contribution >= 4 is 39.2 Å². The highest BCUT2D eigenvalue weighted by molar-refractivity contribution is 6.02. The molecule has 0 radical (unpaired) electrons. The van der Waals surface area contributed by atoms with Crippen LogP contribution in [0.3, 0.4) is 0 Å². The molecule has 0 saturated heterocycles. The van der Waals surface area contributed by atoms with Gasteiger partial charge in [-0.1, -0.05) is 42.5 Å². The number of carbonyl (C=O) groups excluding carboxylic acids is 1. The Balaban J connectivity index is 1.51. The van der Waals surface area contributed by atoms with Crippen molar-refractivity contribution in [2.45, 2.75) is 0 Å². The first-order valence-corrected chi connectivity index (χ1v) is 11.9. The molecule has 0 amide bonds. The van der Waals surface area contributed by atoms with Gasteiger partial charge in [0, 0.05) is 35.7 Å². The Morgan fingerprint density at radius 2 is 1.70 bits per heavy atom. The lowest BCUT2D eigenvalue weighted by Gasteiger charge is -2.16. The molecule has 37 heavy (non-hydrogen) atoms. The molecule has 0 N–H and O–H groups in total. The van der Waals surface area contributed by atoms with Gasteiger partial charge in [0.05, 0.1) is 22.5 Å². The molecule has 0 aliphatic carbocycles. The zero-order valence-corrected chi connectivity index (χ0v) is 19.5. The highest BCUT2D eigenvalue weighted by atomic mass is 16.6. The fourth-order valence-electron chi connectivity index (χ4n) is 4.74. The van der Waals surface area contributed by atoms with Crippen LogP contribution in [0.25, 0.3) is 38.9 Å². The van der Waals surface area contributed by atoms with Crippen LogP contribution in [0.1, 0.15) is 21.6 Å². The van der Waals surface area contributed by atoms with Crippen molar-refractivity contribution in [3.63, 3.8) is 0 Å². The molecule has 6 heteroatoms. The minimum atomic E-state index is -0.522. The number of carbonyl (C=O) groups is 1. The molecule has 0 saturated carbocycles. The molecule has 0 spiro atoms. The molecule has 3 aromatic carbocycles. The minimum absolute atomic E-state index is 0.315. The molecule has 0 atom stereocenters. The Morgan fingerprint density at radius 1 is 0.838 bits per heavy atom. The van der Waals surface area contributed by atoms with Gasteiger partial charge in [0.1, 0.15) is 0 Å². The van der Waals surface area contributed by atoms with Crippen LogP contribution in [-0.4, -0.2) is 20.5 Å².